The van der Waals surface area contributed by atoms with Crippen molar-refractivity contribution in [3.63, 3.8) is 0 Å². The van der Waals surface area contributed by atoms with E-state index >= 15 is 0 Å². The molecule has 0 nitrogen and oxygen atoms in total. The molecule has 3 heteroatoms. The summed E-state index contributed by atoms with van der Waals surface area (Å²) in [5, 5.41) is 0. The van der Waals surface area contributed by atoms with Crippen molar-refractivity contribution < 1.29 is 21.3 Å². The van der Waals surface area contributed by atoms with E-state index in [9.17, 15) is 0 Å². The number of allylic oxidation sites excluding steroid dienone is 4. The van der Waals surface area contributed by atoms with Gasteiger partial charge in [-0.3, -0.25) is 0 Å². The van der Waals surface area contributed by atoms with E-state index in [4.69, 9.17) is 0 Å². The Hall–Kier alpha value is -2.31. The van der Waals surface area contributed by atoms with Crippen LogP contribution in [-0.2, 0) is 38.5 Å². The topological polar surface area (TPSA) is 0 Å². The molecule has 246 valence electrons. The second-order valence-electron chi connectivity index (χ2n) is 16.3. The average molecular weight is 743 g/mol. The van der Waals surface area contributed by atoms with Crippen molar-refractivity contribution in [3.8, 4) is 11.1 Å². The van der Waals surface area contributed by atoms with Gasteiger partial charge in [0.2, 0.25) is 0 Å². The SMILES string of the molecule is CC1C=C(C(C)(C)C)C=[C]1[Zr](=[C](c1ccccc1)c1ccccc1)[c]1cc(C(C)(C)C)cc2c1Cc1ccc(C(C)(C)C)cc1-2.Cl.Cl. The molecule has 0 heterocycles. The Morgan fingerprint density at radius 2 is 1.15 bits per heavy atom. The molecule has 4 aromatic carbocycles. The van der Waals surface area contributed by atoms with Crippen LogP contribution < -0.4 is 3.27 Å². The maximum atomic E-state index is 2.67. The van der Waals surface area contributed by atoms with Crippen LogP contribution in [0.15, 0.2) is 112 Å². The molecule has 0 saturated heterocycles. The third-order valence-corrected chi connectivity index (χ3v) is 17.7. The van der Waals surface area contributed by atoms with Crippen LogP contribution in [-0.4, -0.2) is 3.21 Å². The van der Waals surface area contributed by atoms with Gasteiger partial charge in [-0.2, -0.15) is 0 Å². The summed E-state index contributed by atoms with van der Waals surface area (Å²) in [6.07, 6.45) is 6.24. The first-order valence-corrected chi connectivity index (χ1v) is 20.4. The molecule has 0 aliphatic heterocycles. The zero-order valence-corrected chi connectivity index (χ0v) is 34.0. The summed E-state index contributed by atoms with van der Waals surface area (Å²) in [7, 11) is 0. The van der Waals surface area contributed by atoms with Crippen LogP contribution in [0.4, 0.5) is 0 Å². The minimum atomic E-state index is -2.85. The van der Waals surface area contributed by atoms with Crippen LogP contribution in [0.3, 0.4) is 0 Å². The van der Waals surface area contributed by atoms with E-state index in [2.05, 4.69) is 172 Å². The van der Waals surface area contributed by atoms with Gasteiger partial charge in [0.05, 0.1) is 0 Å². The van der Waals surface area contributed by atoms with Gasteiger partial charge in [0, 0.05) is 0 Å². The molecule has 0 fully saturated rings. The standard InChI is InChI=1S/C21H25.C13H10.C10H15.2ClH.Zr/c1-20(2,3)16-9-7-14-11-15-8-10-17(21(4,5)6)13-19(15)18(14)12-16;1-3-7-12(8-4-1)11-13-9-5-2-6-10-13;1-8-5-6-9(7-8)10(2,3)4;;;/h7,9-10,12-13H,11H2,1-6H3;1-10H;6-8H,1-4H3;2*1H;. The summed E-state index contributed by atoms with van der Waals surface area (Å²) in [5.74, 6) is 0.432. The van der Waals surface area contributed by atoms with Crippen molar-refractivity contribution in [2.24, 2.45) is 11.3 Å². The zero-order valence-electron chi connectivity index (χ0n) is 29.9. The third-order valence-electron chi connectivity index (χ3n) is 9.78. The molecular formula is C44H52Cl2Zr. The second kappa shape index (κ2) is 13.9. The molecule has 1 atom stereocenters. The summed E-state index contributed by atoms with van der Waals surface area (Å²) in [6.45, 7) is 23.7. The molecule has 0 radical (unpaired) electrons. The Kier molecular flexibility index (Phi) is 11.1. The summed E-state index contributed by atoms with van der Waals surface area (Å²) < 4.78 is 4.96. The zero-order chi connectivity index (χ0) is 32.3. The van der Waals surface area contributed by atoms with Crippen LogP contribution >= 0.6 is 24.8 Å². The molecule has 2 aliphatic rings. The number of halogens is 2. The quantitative estimate of drug-likeness (QED) is 0.172. The monoisotopic (exact) mass is 740 g/mol. The Morgan fingerprint density at radius 3 is 1.64 bits per heavy atom. The van der Waals surface area contributed by atoms with Crippen LogP contribution in [0.1, 0.15) is 103 Å². The molecule has 0 bridgehead atoms. The molecule has 2 aliphatic carbocycles. The normalized spacial score (nSPS) is 15.5. The first kappa shape index (κ1) is 37.5. The van der Waals surface area contributed by atoms with Gasteiger partial charge in [-0.25, -0.2) is 0 Å². The minimum Gasteiger partial charge on any atom is -0.147 e. The van der Waals surface area contributed by atoms with Gasteiger partial charge >= 0.3 is 282 Å². The van der Waals surface area contributed by atoms with Gasteiger partial charge in [0.1, 0.15) is 0 Å². The Bertz CT molecular complexity index is 1810. The number of hydrogen-bond acceptors (Lipinski definition) is 0. The van der Waals surface area contributed by atoms with Crippen molar-refractivity contribution in [2.75, 3.05) is 0 Å². The molecule has 4 aromatic rings. The van der Waals surface area contributed by atoms with Crippen molar-refractivity contribution in [1.29, 1.82) is 0 Å². The summed E-state index contributed by atoms with van der Waals surface area (Å²) in [5.41, 5.74) is 13.4. The predicted molar refractivity (Wildman–Crippen MR) is 207 cm³/mol. The number of hydrogen-bond donors (Lipinski definition) is 0. The fourth-order valence-corrected chi connectivity index (χ4v) is 15.4. The fourth-order valence-electron chi connectivity index (χ4n) is 6.97. The summed E-state index contributed by atoms with van der Waals surface area (Å²) >= 11 is -2.85. The number of rotatable bonds is 4. The van der Waals surface area contributed by atoms with Crippen LogP contribution in [0.2, 0.25) is 0 Å². The number of fused-ring (bicyclic) bond motifs is 3. The Balaban J connectivity index is 0.00000250. The molecular weight excluding hydrogens is 691 g/mol. The van der Waals surface area contributed by atoms with Crippen molar-refractivity contribution in [1.82, 2.24) is 0 Å². The van der Waals surface area contributed by atoms with Crippen LogP contribution in [0.25, 0.3) is 11.1 Å². The van der Waals surface area contributed by atoms with Crippen molar-refractivity contribution >= 4 is 31.3 Å². The smallest absolute Gasteiger partial charge is 0.147 e. The molecule has 0 N–H and O–H groups in total. The molecule has 0 spiro atoms. The third kappa shape index (κ3) is 7.49. The van der Waals surface area contributed by atoms with Crippen LogP contribution in [0, 0.1) is 11.3 Å². The second-order valence-corrected chi connectivity index (χ2v) is 22.2. The van der Waals surface area contributed by atoms with Gasteiger partial charge < -0.3 is 0 Å². The van der Waals surface area contributed by atoms with Crippen molar-refractivity contribution in [2.45, 2.75) is 86.5 Å². The fraction of sp³-hybridized carbons (Fsp3) is 0.341. The van der Waals surface area contributed by atoms with E-state index in [-0.39, 0.29) is 41.1 Å². The van der Waals surface area contributed by atoms with E-state index in [0.717, 1.165) is 6.42 Å². The maximum Gasteiger partial charge on any atom is -0.147 e. The Labute approximate surface area is 304 Å². The van der Waals surface area contributed by atoms with Gasteiger partial charge in [0.25, 0.3) is 0 Å². The van der Waals surface area contributed by atoms with E-state index in [1.807, 2.05) is 0 Å². The first-order valence-electron chi connectivity index (χ1n) is 16.7. The minimum absolute atomic E-state index is 0. The molecule has 0 aromatic heterocycles. The van der Waals surface area contributed by atoms with Gasteiger partial charge in [-0.05, 0) is 0 Å². The van der Waals surface area contributed by atoms with Gasteiger partial charge in [0.15, 0.2) is 0 Å². The van der Waals surface area contributed by atoms with Crippen LogP contribution in [0.5, 0.6) is 0 Å². The molecule has 6 rings (SSSR count). The maximum absolute atomic E-state index is 2.85. The van der Waals surface area contributed by atoms with E-state index in [1.165, 1.54) is 44.5 Å². The molecule has 0 amide bonds. The molecule has 47 heavy (non-hydrogen) atoms. The van der Waals surface area contributed by atoms with E-state index < -0.39 is 21.3 Å². The van der Waals surface area contributed by atoms with E-state index in [1.54, 1.807) is 15.3 Å². The Morgan fingerprint density at radius 1 is 0.617 bits per heavy atom. The van der Waals surface area contributed by atoms with Gasteiger partial charge in [-0.15, -0.1) is 24.8 Å². The summed E-state index contributed by atoms with van der Waals surface area (Å²) in [6, 6.07) is 35.2. The average Bonchev–Trinajstić information content (AvgIpc) is 3.55. The van der Waals surface area contributed by atoms with Crippen molar-refractivity contribution in [3.05, 3.63) is 145 Å². The number of benzene rings is 4. The molecule has 0 saturated carbocycles. The molecule has 1 unspecified atom stereocenters. The largest absolute Gasteiger partial charge is 0.147 e. The van der Waals surface area contributed by atoms with Gasteiger partial charge in [-0.1, -0.05) is 0 Å². The predicted octanol–water partition coefficient (Wildman–Crippen LogP) is 11.7. The summed E-state index contributed by atoms with van der Waals surface area (Å²) in [4.78, 5) is 0. The van der Waals surface area contributed by atoms with E-state index in [0.29, 0.717) is 5.92 Å². The first-order chi connectivity index (χ1) is 21.1.